The highest BCUT2D eigenvalue weighted by Gasteiger charge is 2.38. The summed E-state index contributed by atoms with van der Waals surface area (Å²) in [6.07, 6.45) is 2.01. The number of likely N-dealkylation sites (tertiary alicyclic amines) is 1. The number of piperidine rings is 1. The summed E-state index contributed by atoms with van der Waals surface area (Å²) in [5.41, 5.74) is -0.160. The number of nitrogens with one attached hydrogen (secondary N) is 1. The molecule has 0 spiro atoms. The number of fused-ring (bicyclic) bond motifs is 1. The summed E-state index contributed by atoms with van der Waals surface area (Å²) in [5, 5.41) is 3.26. The van der Waals surface area contributed by atoms with E-state index in [9.17, 15) is 13.6 Å². The lowest BCUT2D eigenvalue weighted by atomic mass is 9.91. The number of benzene rings is 1. The molecule has 5 heteroatoms. The van der Waals surface area contributed by atoms with Gasteiger partial charge in [0.1, 0.15) is 0 Å². The van der Waals surface area contributed by atoms with Crippen LogP contribution in [0, 0.1) is 17.6 Å². The van der Waals surface area contributed by atoms with Gasteiger partial charge in [0.15, 0.2) is 11.6 Å². The van der Waals surface area contributed by atoms with Crippen molar-refractivity contribution in [1.82, 2.24) is 10.2 Å². The first kappa shape index (κ1) is 12.5. The quantitative estimate of drug-likeness (QED) is 0.840. The zero-order chi connectivity index (χ0) is 13.4. The van der Waals surface area contributed by atoms with Crippen molar-refractivity contribution in [2.75, 3.05) is 19.6 Å². The molecule has 2 atom stereocenters. The standard InChI is InChI=1S/C14H16F2N2O/c15-11-5-1-4-10(13(11)16)14(19)18-6-2-3-9-7-17-8-12(9)18/h1,4-5,9,12,17H,2-3,6-8H2. The maximum Gasteiger partial charge on any atom is 0.257 e. The molecule has 1 aromatic rings. The van der Waals surface area contributed by atoms with Crippen LogP contribution in [0.5, 0.6) is 0 Å². The van der Waals surface area contributed by atoms with Crippen molar-refractivity contribution in [1.29, 1.82) is 0 Å². The van der Waals surface area contributed by atoms with E-state index in [-0.39, 0.29) is 11.6 Å². The van der Waals surface area contributed by atoms with Crippen LogP contribution in [0.25, 0.3) is 0 Å². The Morgan fingerprint density at radius 3 is 3.00 bits per heavy atom. The smallest absolute Gasteiger partial charge is 0.257 e. The number of nitrogens with zero attached hydrogens (tertiary/aromatic N) is 1. The Labute approximate surface area is 110 Å². The van der Waals surface area contributed by atoms with Crippen LogP contribution in [0.4, 0.5) is 8.78 Å². The van der Waals surface area contributed by atoms with Crippen LogP contribution in [0.3, 0.4) is 0 Å². The Morgan fingerprint density at radius 2 is 2.16 bits per heavy atom. The Morgan fingerprint density at radius 1 is 1.32 bits per heavy atom. The van der Waals surface area contributed by atoms with Gasteiger partial charge in [-0.2, -0.15) is 0 Å². The molecule has 2 aliphatic heterocycles. The van der Waals surface area contributed by atoms with Crippen LogP contribution in [0.15, 0.2) is 18.2 Å². The third-order valence-electron chi connectivity index (χ3n) is 4.12. The summed E-state index contributed by atoms with van der Waals surface area (Å²) in [6, 6.07) is 3.87. The molecule has 2 heterocycles. The van der Waals surface area contributed by atoms with Gasteiger partial charge in [-0.05, 0) is 30.9 Å². The average Bonchev–Trinajstić information content (AvgIpc) is 2.89. The average molecular weight is 266 g/mol. The lowest BCUT2D eigenvalue weighted by Crippen LogP contribution is -2.48. The first-order valence-electron chi connectivity index (χ1n) is 6.64. The van der Waals surface area contributed by atoms with Gasteiger partial charge in [0.2, 0.25) is 0 Å². The molecule has 2 fully saturated rings. The lowest BCUT2D eigenvalue weighted by molar-refractivity contribution is 0.0569. The van der Waals surface area contributed by atoms with Crippen LogP contribution in [0.1, 0.15) is 23.2 Å². The highest BCUT2D eigenvalue weighted by molar-refractivity contribution is 5.94. The SMILES string of the molecule is O=C(c1cccc(F)c1F)N1CCCC2CNCC21. The number of amides is 1. The molecule has 2 saturated heterocycles. The minimum Gasteiger partial charge on any atom is -0.334 e. The lowest BCUT2D eigenvalue weighted by Gasteiger charge is -2.37. The Hall–Kier alpha value is -1.49. The molecular weight excluding hydrogens is 250 g/mol. The highest BCUT2D eigenvalue weighted by Crippen LogP contribution is 2.28. The van der Waals surface area contributed by atoms with Crippen molar-refractivity contribution >= 4 is 5.91 Å². The van der Waals surface area contributed by atoms with Crippen molar-refractivity contribution in [3.8, 4) is 0 Å². The van der Waals surface area contributed by atoms with E-state index in [1.807, 2.05) is 0 Å². The number of halogens is 2. The molecule has 0 saturated carbocycles. The Kier molecular flexibility index (Phi) is 3.22. The van der Waals surface area contributed by atoms with Gasteiger partial charge in [0.05, 0.1) is 5.56 Å². The van der Waals surface area contributed by atoms with Crippen molar-refractivity contribution in [3.05, 3.63) is 35.4 Å². The zero-order valence-electron chi connectivity index (χ0n) is 10.5. The second-order valence-corrected chi connectivity index (χ2v) is 5.23. The molecular formula is C14H16F2N2O. The van der Waals surface area contributed by atoms with Gasteiger partial charge in [0.25, 0.3) is 5.91 Å². The molecule has 1 amide bonds. The maximum atomic E-state index is 13.7. The fourth-order valence-electron chi connectivity index (χ4n) is 3.14. The summed E-state index contributed by atoms with van der Waals surface area (Å²) in [7, 11) is 0. The highest BCUT2D eigenvalue weighted by atomic mass is 19.2. The third-order valence-corrected chi connectivity index (χ3v) is 4.12. The Bertz CT molecular complexity index is 506. The number of carbonyl (C=O) groups is 1. The molecule has 19 heavy (non-hydrogen) atoms. The predicted molar refractivity (Wildman–Crippen MR) is 66.8 cm³/mol. The predicted octanol–water partition coefficient (Wildman–Crippen LogP) is 1.79. The fraction of sp³-hybridized carbons (Fsp3) is 0.500. The molecule has 0 radical (unpaired) electrons. The summed E-state index contributed by atoms with van der Waals surface area (Å²) >= 11 is 0. The number of carbonyl (C=O) groups excluding carboxylic acids is 1. The molecule has 102 valence electrons. The first-order valence-corrected chi connectivity index (χ1v) is 6.64. The summed E-state index contributed by atoms with van der Waals surface area (Å²) < 4.78 is 26.9. The first-order chi connectivity index (χ1) is 9.18. The van der Waals surface area contributed by atoms with E-state index >= 15 is 0 Å². The second-order valence-electron chi connectivity index (χ2n) is 5.23. The van der Waals surface area contributed by atoms with Crippen LogP contribution < -0.4 is 5.32 Å². The normalized spacial score (nSPS) is 26.3. The van der Waals surface area contributed by atoms with E-state index in [1.54, 1.807) is 4.90 Å². The summed E-state index contributed by atoms with van der Waals surface area (Å²) in [4.78, 5) is 14.1. The van der Waals surface area contributed by atoms with Gasteiger partial charge >= 0.3 is 0 Å². The number of rotatable bonds is 1. The van der Waals surface area contributed by atoms with E-state index in [2.05, 4.69) is 5.32 Å². The maximum absolute atomic E-state index is 13.7. The van der Waals surface area contributed by atoms with Crippen LogP contribution in [-0.2, 0) is 0 Å². The minimum absolute atomic E-state index is 0.115. The van der Waals surface area contributed by atoms with Gasteiger partial charge in [-0.1, -0.05) is 6.07 Å². The molecule has 0 bridgehead atoms. The van der Waals surface area contributed by atoms with Crippen molar-refractivity contribution in [2.45, 2.75) is 18.9 Å². The van der Waals surface area contributed by atoms with Gasteiger partial charge in [0, 0.05) is 25.7 Å². The van der Waals surface area contributed by atoms with Crippen molar-refractivity contribution in [2.24, 2.45) is 5.92 Å². The number of hydrogen-bond donors (Lipinski definition) is 1. The van der Waals surface area contributed by atoms with Gasteiger partial charge in [-0.3, -0.25) is 4.79 Å². The molecule has 1 aromatic carbocycles. The second kappa shape index (κ2) is 4.89. The van der Waals surface area contributed by atoms with Gasteiger partial charge in [-0.25, -0.2) is 8.78 Å². The van der Waals surface area contributed by atoms with Crippen LogP contribution >= 0.6 is 0 Å². The van der Waals surface area contributed by atoms with E-state index in [1.165, 1.54) is 12.1 Å². The van der Waals surface area contributed by atoms with Crippen LogP contribution in [0.2, 0.25) is 0 Å². The molecule has 0 aromatic heterocycles. The molecule has 0 aliphatic carbocycles. The van der Waals surface area contributed by atoms with Gasteiger partial charge < -0.3 is 10.2 Å². The summed E-state index contributed by atoms with van der Waals surface area (Å²) in [6.45, 7) is 2.27. The molecule has 2 unspecified atom stereocenters. The van der Waals surface area contributed by atoms with E-state index in [0.29, 0.717) is 12.5 Å². The molecule has 2 aliphatic rings. The van der Waals surface area contributed by atoms with Gasteiger partial charge in [-0.15, -0.1) is 0 Å². The minimum atomic E-state index is -1.04. The molecule has 3 nitrogen and oxygen atoms in total. The Balaban J connectivity index is 1.88. The fourth-order valence-corrected chi connectivity index (χ4v) is 3.14. The van der Waals surface area contributed by atoms with E-state index in [4.69, 9.17) is 0 Å². The van der Waals surface area contributed by atoms with Crippen LogP contribution in [-0.4, -0.2) is 36.5 Å². The zero-order valence-corrected chi connectivity index (χ0v) is 10.5. The largest absolute Gasteiger partial charge is 0.334 e. The number of hydrogen-bond acceptors (Lipinski definition) is 2. The van der Waals surface area contributed by atoms with E-state index < -0.39 is 17.5 Å². The third kappa shape index (κ3) is 2.12. The summed E-state index contributed by atoms with van der Waals surface area (Å²) in [5.74, 6) is -1.96. The monoisotopic (exact) mass is 266 g/mol. The molecule has 3 rings (SSSR count). The molecule has 1 N–H and O–H groups in total. The van der Waals surface area contributed by atoms with E-state index in [0.717, 1.165) is 32.0 Å². The van der Waals surface area contributed by atoms with Crippen molar-refractivity contribution in [3.63, 3.8) is 0 Å². The topological polar surface area (TPSA) is 32.3 Å². The van der Waals surface area contributed by atoms with Crippen molar-refractivity contribution < 1.29 is 13.6 Å².